The van der Waals surface area contributed by atoms with E-state index in [1.165, 1.54) is 6.07 Å². The van der Waals surface area contributed by atoms with E-state index in [1.807, 2.05) is 0 Å². The van der Waals surface area contributed by atoms with Crippen molar-refractivity contribution in [2.75, 3.05) is 6.61 Å². The fraction of sp³-hybridized carbons (Fsp3) is 0.381. The van der Waals surface area contributed by atoms with Gasteiger partial charge < -0.3 is 40.5 Å². The molecule has 2 aromatic carbocycles. The Labute approximate surface area is 226 Å². The molecule has 6 atom stereocenters. The largest absolute Gasteiger partial charge is 0.506 e. The summed E-state index contributed by atoms with van der Waals surface area (Å²) in [5, 5.41) is 73.0. The van der Waals surface area contributed by atoms with Gasteiger partial charge in [0.05, 0.1) is 39.4 Å². The van der Waals surface area contributed by atoms with Crippen LogP contribution in [0.25, 0.3) is 0 Å². The van der Waals surface area contributed by atoms with E-state index in [0.717, 1.165) is 0 Å². The molecule has 7 N–H and O–H groups in total. The van der Waals surface area contributed by atoms with Crippen molar-refractivity contribution in [3.05, 3.63) is 51.8 Å². The van der Waals surface area contributed by atoms with Crippen molar-refractivity contribution in [2.45, 2.75) is 43.0 Å². The Morgan fingerprint density at radius 3 is 2.03 bits per heavy atom. The van der Waals surface area contributed by atoms with Crippen LogP contribution in [0.3, 0.4) is 0 Å². The molecule has 0 bridgehead atoms. The standard InChI is InChI=1S/C21H18Br4O9/c22-5-1-6(23)15(28)11-8(5)10(21-20(33)19(32)16(29)7(3-27)34-21)9-12(17(11)30)18(31)14(25)4(2-26)13(9)24/h1,7,10,16,19-21,26-29,31-33H,2-3H2/t7-,10-,16-,19+,20-,21+/m1/s1. The van der Waals surface area contributed by atoms with Gasteiger partial charge in [-0.3, -0.25) is 4.79 Å². The summed E-state index contributed by atoms with van der Waals surface area (Å²) in [5.74, 6) is -2.75. The van der Waals surface area contributed by atoms with Crippen LogP contribution in [0, 0.1) is 0 Å². The van der Waals surface area contributed by atoms with E-state index in [-0.39, 0.29) is 41.2 Å². The Morgan fingerprint density at radius 1 is 0.824 bits per heavy atom. The van der Waals surface area contributed by atoms with E-state index in [1.54, 1.807) is 0 Å². The van der Waals surface area contributed by atoms with Crippen LogP contribution in [-0.4, -0.2) is 78.7 Å². The van der Waals surface area contributed by atoms with Crippen LogP contribution in [-0.2, 0) is 11.3 Å². The topological polar surface area (TPSA) is 168 Å². The monoisotopic (exact) mass is 730 g/mol. The van der Waals surface area contributed by atoms with Gasteiger partial charge in [-0.05, 0) is 49.1 Å². The average Bonchev–Trinajstić information content (AvgIpc) is 2.80. The van der Waals surface area contributed by atoms with Crippen molar-refractivity contribution in [1.82, 2.24) is 0 Å². The third kappa shape index (κ3) is 3.80. The highest BCUT2D eigenvalue weighted by Crippen LogP contribution is 2.55. The molecule has 34 heavy (non-hydrogen) atoms. The minimum absolute atomic E-state index is 0.0542. The highest BCUT2D eigenvalue weighted by atomic mass is 79.9. The summed E-state index contributed by atoms with van der Waals surface area (Å²) in [6, 6.07) is 1.49. The van der Waals surface area contributed by atoms with Gasteiger partial charge in [0.25, 0.3) is 0 Å². The Bertz CT molecular complexity index is 1190. The number of fused-ring (bicyclic) bond motifs is 2. The number of benzene rings is 2. The van der Waals surface area contributed by atoms with Crippen LogP contribution in [0.1, 0.15) is 38.5 Å². The first-order valence-electron chi connectivity index (χ1n) is 9.87. The van der Waals surface area contributed by atoms with E-state index in [2.05, 4.69) is 63.7 Å². The molecular formula is C21H18Br4O9. The normalized spacial score (nSPS) is 28.6. The number of ether oxygens (including phenoxy) is 1. The Hall–Kier alpha value is -0.610. The third-order valence-electron chi connectivity index (χ3n) is 6.22. The van der Waals surface area contributed by atoms with Gasteiger partial charge in [0.1, 0.15) is 35.9 Å². The lowest BCUT2D eigenvalue weighted by atomic mass is 9.71. The number of rotatable bonds is 3. The molecule has 9 nitrogen and oxygen atoms in total. The second-order valence-corrected chi connectivity index (χ2v) is 11.3. The first kappa shape index (κ1) is 26.5. The van der Waals surface area contributed by atoms with E-state index in [4.69, 9.17) is 4.74 Å². The molecule has 1 aliphatic heterocycles. The molecule has 0 aromatic heterocycles. The van der Waals surface area contributed by atoms with Crippen LogP contribution in [0.4, 0.5) is 0 Å². The van der Waals surface area contributed by atoms with Gasteiger partial charge in [-0.1, -0.05) is 31.9 Å². The molecule has 0 unspecified atom stereocenters. The van der Waals surface area contributed by atoms with E-state index in [0.29, 0.717) is 4.47 Å². The molecule has 13 heteroatoms. The maximum atomic E-state index is 13.6. The number of carbonyl (C=O) groups is 1. The summed E-state index contributed by atoms with van der Waals surface area (Å²) in [4.78, 5) is 13.6. The van der Waals surface area contributed by atoms with Gasteiger partial charge in [-0.25, -0.2) is 0 Å². The first-order chi connectivity index (χ1) is 16.0. The number of phenols is 2. The lowest BCUT2D eigenvalue weighted by molar-refractivity contribution is -0.232. The van der Waals surface area contributed by atoms with Crippen molar-refractivity contribution in [3.63, 3.8) is 0 Å². The number of phenolic OH excluding ortho intramolecular Hbond substituents is 2. The zero-order valence-corrected chi connectivity index (χ0v) is 23.3. The van der Waals surface area contributed by atoms with Crippen molar-refractivity contribution in [1.29, 1.82) is 0 Å². The van der Waals surface area contributed by atoms with Crippen molar-refractivity contribution < 1.29 is 45.3 Å². The summed E-state index contributed by atoms with van der Waals surface area (Å²) in [6.07, 6.45) is -7.60. The molecule has 0 spiro atoms. The minimum atomic E-state index is -1.71. The third-order valence-corrected chi connectivity index (χ3v) is 9.24. The van der Waals surface area contributed by atoms with Crippen LogP contribution in [0.5, 0.6) is 11.5 Å². The molecule has 1 saturated heterocycles. The predicted molar refractivity (Wildman–Crippen MR) is 132 cm³/mol. The van der Waals surface area contributed by atoms with Crippen molar-refractivity contribution in [3.8, 4) is 11.5 Å². The van der Waals surface area contributed by atoms with Gasteiger partial charge in [0.2, 0.25) is 5.78 Å². The highest BCUT2D eigenvalue weighted by Gasteiger charge is 2.52. The molecule has 2 aromatic rings. The average molecular weight is 734 g/mol. The molecule has 0 saturated carbocycles. The van der Waals surface area contributed by atoms with E-state index < -0.39 is 66.9 Å². The summed E-state index contributed by atoms with van der Waals surface area (Å²) in [6.45, 7) is -1.20. The summed E-state index contributed by atoms with van der Waals surface area (Å²) < 4.78 is 6.64. The van der Waals surface area contributed by atoms with Gasteiger partial charge in [0.15, 0.2) is 0 Å². The minimum Gasteiger partial charge on any atom is -0.506 e. The summed E-state index contributed by atoms with van der Waals surface area (Å²) in [5.41, 5.74) is 0.134. The van der Waals surface area contributed by atoms with Crippen LogP contribution < -0.4 is 0 Å². The maximum absolute atomic E-state index is 13.6. The van der Waals surface area contributed by atoms with Crippen LogP contribution in [0.2, 0.25) is 0 Å². The smallest absolute Gasteiger partial charge is 0.201 e. The number of hydrogen-bond donors (Lipinski definition) is 7. The van der Waals surface area contributed by atoms with Crippen LogP contribution in [0.15, 0.2) is 24.0 Å². The van der Waals surface area contributed by atoms with Crippen molar-refractivity contribution >= 4 is 69.5 Å². The molecule has 1 fully saturated rings. The molecule has 1 heterocycles. The molecule has 0 radical (unpaired) electrons. The quantitative estimate of drug-likeness (QED) is 0.250. The molecule has 1 aliphatic carbocycles. The van der Waals surface area contributed by atoms with Crippen molar-refractivity contribution in [2.24, 2.45) is 0 Å². The number of halogens is 4. The molecule has 184 valence electrons. The zero-order chi connectivity index (χ0) is 25.2. The first-order valence-corrected chi connectivity index (χ1v) is 13.0. The molecule has 0 amide bonds. The summed E-state index contributed by atoms with van der Waals surface area (Å²) >= 11 is 13.2. The second-order valence-electron chi connectivity index (χ2n) is 7.98. The summed E-state index contributed by atoms with van der Waals surface area (Å²) in [7, 11) is 0. The molecule has 4 rings (SSSR count). The number of hydrogen-bond acceptors (Lipinski definition) is 9. The fourth-order valence-electron chi connectivity index (χ4n) is 4.57. The molecular weight excluding hydrogens is 716 g/mol. The maximum Gasteiger partial charge on any atom is 0.201 e. The number of ketones is 1. The number of carbonyl (C=O) groups excluding carboxylic acids is 1. The zero-order valence-electron chi connectivity index (χ0n) is 16.9. The number of aromatic hydroxyl groups is 2. The Kier molecular flexibility index (Phi) is 7.54. The highest BCUT2D eigenvalue weighted by molar-refractivity contribution is 9.11. The lowest BCUT2D eigenvalue weighted by Crippen LogP contribution is -2.60. The predicted octanol–water partition coefficient (Wildman–Crippen LogP) is 2.16. The van der Waals surface area contributed by atoms with Gasteiger partial charge in [0, 0.05) is 20.4 Å². The van der Waals surface area contributed by atoms with Gasteiger partial charge >= 0.3 is 0 Å². The van der Waals surface area contributed by atoms with Gasteiger partial charge in [-0.15, -0.1) is 0 Å². The number of aliphatic hydroxyl groups is 5. The van der Waals surface area contributed by atoms with Crippen LogP contribution >= 0.6 is 63.7 Å². The van der Waals surface area contributed by atoms with E-state index >= 15 is 0 Å². The second kappa shape index (κ2) is 9.69. The SMILES string of the molecule is O=C1c2c(O)c(Br)cc(Br)c2[C@@H]([C@@H]2O[C@H](CO)[C@@H](O)[C@H](O)[C@H]2O)c2c(Br)c(CO)c(Br)c(O)c21. The van der Waals surface area contributed by atoms with E-state index in [9.17, 15) is 40.5 Å². The van der Waals surface area contributed by atoms with Gasteiger partial charge in [-0.2, -0.15) is 0 Å². The lowest BCUT2D eigenvalue weighted by Gasteiger charge is -2.45. The fourth-order valence-corrected chi connectivity index (χ4v) is 7.54. The number of aliphatic hydroxyl groups excluding tert-OH is 5. The Balaban J connectivity index is 2.11. The Morgan fingerprint density at radius 2 is 1.44 bits per heavy atom. The molecule has 2 aliphatic rings.